The Labute approximate surface area is 96.2 Å². The Morgan fingerprint density at radius 1 is 1.50 bits per heavy atom. The van der Waals surface area contributed by atoms with Crippen LogP contribution in [0, 0.1) is 5.92 Å². The molecule has 4 nitrogen and oxygen atoms in total. The van der Waals surface area contributed by atoms with Gasteiger partial charge in [0.05, 0.1) is 18.3 Å². The van der Waals surface area contributed by atoms with Crippen molar-refractivity contribution in [3.63, 3.8) is 0 Å². The van der Waals surface area contributed by atoms with Crippen molar-refractivity contribution in [3.8, 4) is 0 Å². The zero-order valence-electron chi connectivity index (χ0n) is 10.0. The molecule has 3 atom stereocenters. The number of rotatable bonds is 5. The third-order valence-electron chi connectivity index (χ3n) is 3.52. The van der Waals surface area contributed by atoms with Crippen molar-refractivity contribution in [2.75, 3.05) is 19.8 Å². The van der Waals surface area contributed by atoms with Crippen molar-refractivity contribution in [2.45, 2.75) is 44.8 Å². The van der Waals surface area contributed by atoms with E-state index in [0.29, 0.717) is 25.2 Å². The molecule has 2 aliphatic rings. The normalized spacial score (nSPS) is 36.6. The number of hydrogen-bond donors (Lipinski definition) is 0. The van der Waals surface area contributed by atoms with Crippen molar-refractivity contribution in [1.82, 2.24) is 0 Å². The van der Waals surface area contributed by atoms with Crippen molar-refractivity contribution in [1.29, 1.82) is 0 Å². The molecule has 92 valence electrons. The molecule has 1 saturated carbocycles. The Hall–Kier alpha value is -0.610. The van der Waals surface area contributed by atoms with Crippen molar-refractivity contribution < 1.29 is 19.0 Å². The van der Waals surface area contributed by atoms with Crippen LogP contribution in [0.3, 0.4) is 0 Å². The SMILES string of the molecule is CC(=O)OCCOCC1CCC2(C)OC2C1. The summed E-state index contributed by atoms with van der Waals surface area (Å²) in [4.78, 5) is 10.5. The lowest BCUT2D eigenvalue weighted by atomic mass is 9.83. The van der Waals surface area contributed by atoms with Crippen LogP contribution in [0.1, 0.15) is 33.1 Å². The Balaban J connectivity index is 1.52. The predicted octanol–water partition coefficient (Wildman–Crippen LogP) is 1.52. The minimum atomic E-state index is -0.247. The van der Waals surface area contributed by atoms with Gasteiger partial charge in [0.2, 0.25) is 0 Å². The van der Waals surface area contributed by atoms with Gasteiger partial charge in [-0.15, -0.1) is 0 Å². The first-order chi connectivity index (χ1) is 7.60. The molecule has 2 fully saturated rings. The number of epoxide rings is 1. The summed E-state index contributed by atoms with van der Waals surface area (Å²) < 4.78 is 15.9. The van der Waals surface area contributed by atoms with Crippen LogP contribution in [0.2, 0.25) is 0 Å². The average Bonchev–Trinajstić information content (AvgIpc) is 2.88. The van der Waals surface area contributed by atoms with E-state index in [1.165, 1.54) is 13.3 Å². The topological polar surface area (TPSA) is 48.1 Å². The molecule has 0 aromatic carbocycles. The van der Waals surface area contributed by atoms with E-state index < -0.39 is 0 Å². The van der Waals surface area contributed by atoms with E-state index in [0.717, 1.165) is 19.4 Å². The van der Waals surface area contributed by atoms with E-state index in [4.69, 9.17) is 14.2 Å². The highest BCUT2D eigenvalue weighted by Gasteiger charge is 2.55. The van der Waals surface area contributed by atoms with Crippen molar-refractivity contribution >= 4 is 5.97 Å². The smallest absolute Gasteiger partial charge is 0.302 e. The Kier molecular flexibility index (Phi) is 3.50. The second kappa shape index (κ2) is 4.72. The van der Waals surface area contributed by atoms with Gasteiger partial charge in [-0.05, 0) is 32.1 Å². The molecule has 0 spiro atoms. The molecule has 1 saturated heterocycles. The largest absolute Gasteiger partial charge is 0.463 e. The van der Waals surface area contributed by atoms with Gasteiger partial charge < -0.3 is 14.2 Å². The minimum Gasteiger partial charge on any atom is -0.463 e. The second-order valence-corrected chi connectivity index (χ2v) is 4.97. The molecule has 1 heterocycles. The van der Waals surface area contributed by atoms with Gasteiger partial charge in [0, 0.05) is 13.5 Å². The third-order valence-corrected chi connectivity index (χ3v) is 3.52. The number of ether oxygens (including phenoxy) is 3. The van der Waals surface area contributed by atoms with Gasteiger partial charge in [-0.3, -0.25) is 4.79 Å². The first-order valence-electron chi connectivity index (χ1n) is 5.99. The molecule has 2 rings (SSSR count). The summed E-state index contributed by atoms with van der Waals surface area (Å²) in [6.45, 7) is 5.22. The Morgan fingerprint density at radius 2 is 2.31 bits per heavy atom. The highest BCUT2D eigenvalue weighted by molar-refractivity contribution is 5.65. The van der Waals surface area contributed by atoms with Gasteiger partial charge in [0.25, 0.3) is 0 Å². The molecule has 0 aromatic heterocycles. The maximum atomic E-state index is 10.5. The molecule has 3 unspecified atom stereocenters. The molecule has 1 aliphatic carbocycles. The van der Waals surface area contributed by atoms with Gasteiger partial charge in [-0.1, -0.05) is 0 Å². The van der Waals surface area contributed by atoms with E-state index in [1.54, 1.807) is 0 Å². The van der Waals surface area contributed by atoms with Gasteiger partial charge >= 0.3 is 5.97 Å². The van der Waals surface area contributed by atoms with Gasteiger partial charge in [0.1, 0.15) is 6.61 Å². The van der Waals surface area contributed by atoms with Crippen LogP contribution in [-0.2, 0) is 19.0 Å². The van der Waals surface area contributed by atoms with E-state index in [9.17, 15) is 4.79 Å². The van der Waals surface area contributed by atoms with Crippen LogP contribution < -0.4 is 0 Å². The van der Waals surface area contributed by atoms with E-state index in [2.05, 4.69) is 6.92 Å². The van der Waals surface area contributed by atoms with Crippen molar-refractivity contribution in [2.24, 2.45) is 5.92 Å². The molecule has 0 amide bonds. The summed E-state index contributed by atoms with van der Waals surface area (Å²) in [5, 5.41) is 0. The molecule has 0 radical (unpaired) electrons. The maximum absolute atomic E-state index is 10.5. The van der Waals surface area contributed by atoms with Gasteiger partial charge in [-0.2, -0.15) is 0 Å². The van der Waals surface area contributed by atoms with Crippen LogP contribution in [0.25, 0.3) is 0 Å². The standard InChI is InChI=1S/C12H20O4/c1-9(13)15-6-5-14-8-10-3-4-12(2)11(7-10)16-12/h10-11H,3-8H2,1-2H3. The minimum absolute atomic E-state index is 0.189. The monoisotopic (exact) mass is 228 g/mol. The fourth-order valence-corrected chi connectivity index (χ4v) is 2.37. The molecule has 0 aromatic rings. The molecular weight excluding hydrogens is 208 g/mol. The first kappa shape index (κ1) is 11.9. The molecule has 16 heavy (non-hydrogen) atoms. The Bertz CT molecular complexity index is 266. The highest BCUT2D eigenvalue weighted by atomic mass is 16.6. The number of carbonyl (C=O) groups excluding carboxylic acids is 1. The summed E-state index contributed by atoms with van der Waals surface area (Å²) in [6.07, 6.45) is 3.91. The quantitative estimate of drug-likeness (QED) is 0.407. The van der Waals surface area contributed by atoms with Crippen LogP contribution in [0.15, 0.2) is 0 Å². The Morgan fingerprint density at radius 3 is 3.00 bits per heavy atom. The summed E-state index contributed by atoms with van der Waals surface area (Å²) in [7, 11) is 0. The molecule has 1 aliphatic heterocycles. The lowest BCUT2D eigenvalue weighted by Crippen LogP contribution is -2.24. The van der Waals surface area contributed by atoms with Crippen LogP contribution in [0.4, 0.5) is 0 Å². The van der Waals surface area contributed by atoms with Crippen LogP contribution in [-0.4, -0.2) is 37.5 Å². The summed E-state index contributed by atoms with van der Waals surface area (Å²) in [5.74, 6) is 0.362. The van der Waals surface area contributed by atoms with E-state index in [-0.39, 0.29) is 11.6 Å². The summed E-state index contributed by atoms with van der Waals surface area (Å²) in [6, 6.07) is 0. The highest BCUT2D eigenvalue weighted by Crippen LogP contribution is 2.49. The maximum Gasteiger partial charge on any atom is 0.302 e. The fourth-order valence-electron chi connectivity index (χ4n) is 2.37. The average molecular weight is 228 g/mol. The van der Waals surface area contributed by atoms with E-state index in [1.807, 2.05) is 0 Å². The molecular formula is C12H20O4. The lowest BCUT2D eigenvalue weighted by Gasteiger charge is -2.22. The second-order valence-electron chi connectivity index (χ2n) is 4.97. The van der Waals surface area contributed by atoms with E-state index >= 15 is 0 Å². The van der Waals surface area contributed by atoms with Crippen LogP contribution >= 0.6 is 0 Å². The van der Waals surface area contributed by atoms with Gasteiger partial charge in [0.15, 0.2) is 0 Å². The predicted molar refractivity (Wildman–Crippen MR) is 58.1 cm³/mol. The van der Waals surface area contributed by atoms with Crippen LogP contribution in [0.5, 0.6) is 0 Å². The number of carbonyl (C=O) groups is 1. The molecule has 4 heteroatoms. The molecule has 0 N–H and O–H groups in total. The number of fused-ring (bicyclic) bond motifs is 1. The summed E-state index contributed by atoms with van der Waals surface area (Å²) in [5.41, 5.74) is 0.189. The fraction of sp³-hybridized carbons (Fsp3) is 0.917. The first-order valence-corrected chi connectivity index (χ1v) is 5.99. The van der Waals surface area contributed by atoms with Crippen molar-refractivity contribution in [3.05, 3.63) is 0 Å². The number of hydrogen-bond acceptors (Lipinski definition) is 4. The lowest BCUT2D eigenvalue weighted by molar-refractivity contribution is -0.142. The zero-order valence-corrected chi connectivity index (χ0v) is 10.0. The molecule has 0 bridgehead atoms. The zero-order chi connectivity index (χ0) is 11.6. The van der Waals surface area contributed by atoms with Gasteiger partial charge in [-0.25, -0.2) is 0 Å². The number of esters is 1. The summed E-state index contributed by atoms with van der Waals surface area (Å²) >= 11 is 0. The third kappa shape index (κ3) is 2.95.